The smallest absolute Gasteiger partial charge is 0.275 e. The monoisotopic (exact) mass is 499 g/mol. The van der Waals surface area contributed by atoms with Crippen molar-refractivity contribution in [3.63, 3.8) is 0 Å². The first kappa shape index (κ1) is 27.0. The molecule has 0 fully saturated rings. The molecule has 3 rings (SSSR count). The Labute approximate surface area is 210 Å². The van der Waals surface area contributed by atoms with Crippen LogP contribution < -0.4 is 10.1 Å². The summed E-state index contributed by atoms with van der Waals surface area (Å²) in [6.07, 6.45) is 3.97. The van der Waals surface area contributed by atoms with E-state index in [1.54, 1.807) is 42.2 Å². The molecule has 2 aromatic rings. The number of benzene rings is 1. The molecule has 0 saturated carbocycles. The van der Waals surface area contributed by atoms with Crippen LogP contribution in [0.3, 0.4) is 0 Å². The molecule has 0 radical (unpaired) electrons. The van der Waals surface area contributed by atoms with Crippen LogP contribution in [-0.2, 0) is 14.3 Å². The van der Waals surface area contributed by atoms with Gasteiger partial charge in [-0.2, -0.15) is 0 Å². The summed E-state index contributed by atoms with van der Waals surface area (Å²) in [6, 6.07) is 4.51. The fourth-order valence-corrected chi connectivity index (χ4v) is 4.02. The number of amides is 3. The van der Waals surface area contributed by atoms with E-state index in [-0.39, 0.29) is 54.5 Å². The number of nitrogens with one attached hydrogen (secondary N) is 1. The van der Waals surface area contributed by atoms with Gasteiger partial charge in [0.2, 0.25) is 5.91 Å². The second-order valence-corrected chi connectivity index (χ2v) is 8.83. The van der Waals surface area contributed by atoms with Gasteiger partial charge in [-0.05, 0) is 19.1 Å². The van der Waals surface area contributed by atoms with Gasteiger partial charge in [0.15, 0.2) is 0 Å². The lowest BCUT2D eigenvalue weighted by molar-refractivity contribution is -0.139. The van der Waals surface area contributed by atoms with Gasteiger partial charge < -0.3 is 29.3 Å². The van der Waals surface area contributed by atoms with E-state index in [0.717, 1.165) is 0 Å². The van der Waals surface area contributed by atoms with Crippen LogP contribution in [0.1, 0.15) is 34.7 Å². The lowest BCUT2D eigenvalue weighted by atomic mass is 10.0. The van der Waals surface area contributed by atoms with Gasteiger partial charge in [-0.3, -0.25) is 19.4 Å². The van der Waals surface area contributed by atoms with Gasteiger partial charge in [0.05, 0.1) is 23.9 Å². The maximum atomic E-state index is 13.3. The maximum absolute atomic E-state index is 13.3. The summed E-state index contributed by atoms with van der Waals surface area (Å²) < 4.78 is 16.8. The number of likely N-dealkylation sites (N-methyl/N-ethyl adjacent to an activating group) is 1. The number of rotatable bonds is 5. The van der Waals surface area contributed by atoms with Gasteiger partial charge in [0.1, 0.15) is 24.7 Å². The Bertz CT molecular complexity index is 1070. The van der Waals surface area contributed by atoms with Crippen LogP contribution in [0.15, 0.2) is 36.8 Å². The molecular formula is C25H33N5O6. The number of fused-ring (bicyclic) bond motifs is 1. The van der Waals surface area contributed by atoms with E-state index in [0.29, 0.717) is 24.3 Å². The van der Waals surface area contributed by atoms with Gasteiger partial charge in [-0.1, -0.05) is 6.92 Å². The number of nitrogens with zero attached hydrogens (tertiary/aromatic N) is 4. The number of methoxy groups -OCH3 is 2. The molecule has 1 aliphatic rings. The highest BCUT2D eigenvalue weighted by Gasteiger charge is 2.30. The highest BCUT2D eigenvalue weighted by molar-refractivity contribution is 6.03. The number of hydrogen-bond donors (Lipinski definition) is 1. The van der Waals surface area contributed by atoms with E-state index in [2.05, 4.69) is 15.3 Å². The SMILES string of the molecule is COCC(=O)N1C[C@@H](C)[C@@H](OC)CN(C)C(=O)c2ccc(NC(=O)c3cnccn3)cc2OC[C@@H]1C. The van der Waals surface area contributed by atoms with Crippen LogP contribution in [0.2, 0.25) is 0 Å². The van der Waals surface area contributed by atoms with Crippen molar-refractivity contribution in [1.82, 2.24) is 19.8 Å². The van der Waals surface area contributed by atoms with E-state index in [9.17, 15) is 14.4 Å². The number of carbonyl (C=O) groups is 3. The number of aromatic nitrogens is 2. The predicted molar refractivity (Wildman–Crippen MR) is 132 cm³/mol. The minimum absolute atomic E-state index is 0.0499. The van der Waals surface area contributed by atoms with E-state index >= 15 is 0 Å². The van der Waals surface area contributed by atoms with Crippen molar-refractivity contribution < 1.29 is 28.6 Å². The summed E-state index contributed by atoms with van der Waals surface area (Å²) in [4.78, 5) is 49.9. The molecule has 0 aliphatic carbocycles. The fraction of sp³-hybridized carbons (Fsp3) is 0.480. The normalized spacial score (nSPS) is 21.0. The molecule has 2 heterocycles. The van der Waals surface area contributed by atoms with Crippen LogP contribution in [0.4, 0.5) is 5.69 Å². The quantitative estimate of drug-likeness (QED) is 0.660. The average Bonchev–Trinajstić information content (AvgIpc) is 2.88. The van der Waals surface area contributed by atoms with Crippen LogP contribution >= 0.6 is 0 Å². The Kier molecular flexibility index (Phi) is 9.31. The Balaban J connectivity index is 1.94. The molecule has 1 N–H and O–H groups in total. The zero-order chi connectivity index (χ0) is 26.2. The van der Waals surface area contributed by atoms with Crippen LogP contribution in [0.5, 0.6) is 5.75 Å². The van der Waals surface area contributed by atoms with Gasteiger partial charge in [0.25, 0.3) is 11.8 Å². The van der Waals surface area contributed by atoms with Gasteiger partial charge in [-0.25, -0.2) is 4.98 Å². The molecule has 0 bridgehead atoms. The van der Waals surface area contributed by atoms with Crippen molar-refractivity contribution in [2.45, 2.75) is 26.0 Å². The third-order valence-corrected chi connectivity index (χ3v) is 6.09. The van der Waals surface area contributed by atoms with Gasteiger partial charge in [0, 0.05) is 64.4 Å². The molecule has 3 atom stereocenters. The van der Waals surface area contributed by atoms with E-state index in [4.69, 9.17) is 14.2 Å². The molecular weight excluding hydrogens is 466 g/mol. The zero-order valence-corrected chi connectivity index (χ0v) is 21.3. The summed E-state index contributed by atoms with van der Waals surface area (Å²) in [6.45, 7) is 4.67. The molecule has 11 nitrogen and oxygen atoms in total. The van der Waals surface area contributed by atoms with Gasteiger partial charge >= 0.3 is 0 Å². The molecule has 194 valence electrons. The fourth-order valence-electron chi connectivity index (χ4n) is 4.02. The summed E-state index contributed by atoms with van der Waals surface area (Å²) in [5, 5.41) is 2.75. The number of anilines is 1. The zero-order valence-electron chi connectivity index (χ0n) is 21.3. The summed E-state index contributed by atoms with van der Waals surface area (Å²) in [7, 11) is 4.76. The minimum Gasteiger partial charge on any atom is -0.491 e. The number of ether oxygens (including phenoxy) is 3. The van der Waals surface area contributed by atoms with E-state index < -0.39 is 5.91 Å². The molecule has 11 heteroatoms. The molecule has 0 unspecified atom stereocenters. The highest BCUT2D eigenvalue weighted by atomic mass is 16.5. The predicted octanol–water partition coefficient (Wildman–Crippen LogP) is 1.71. The molecule has 36 heavy (non-hydrogen) atoms. The second kappa shape index (κ2) is 12.4. The molecule has 1 aromatic carbocycles. The first-order chi connectivity index (χ1) is 17.2. The van der Waals surface area contributed by atoms with E-state index in [1.807, 2.05) is 13.8 Å². The highest BCUT2D eigenvalue weighted by Crippen LogP contribution is 2.27. The van der Waals surface area contributed by atoms with Crippen molar-refractivity contribution >= 4 is 23.4 Å². The van der Waals surface area contributed by atoms with Crippen LogP contribution in [0, 0.1) is 5.92 Å². The largest absolute Gasteiger partial charge is 0.491 e. The summed E-state index contributed by atoms with van der Waals surface area (Å²) in [5.74, 6) is -0.613. The summed E-state index contributed by atoms with van der Waals surface area (Å²) in [5.41, 5.74) is 0.915. The Morgan fingerprint density at radius 1 is 1.19 bits per heavy atom. The van der Waals surface area contributed by atoms with Crippen molar-refractivity contribution in [2.75, 3.05) is 52.9 Å². The summed E-state index contributed by atoms with van der Waals surface area (Å²) >= 11 is 0. The topological polar surface area (TPSA) is 123 Å². The lowest BCUT2D eigenvalue weighted by Gasteiger charge is -2.36. The van der Waals surface area contributed by atoms with Crippen molar-refractivity contribution in [3.8, 4) is 5.75 Å². The Morgan fingerprint density at radius 3 is 2.64 bits per heavy atom. The number of hydrogen-bond acceptors (Lipinski definition) is 8. The first-order valence-electron chi connectivity index (χ1n) is 11.7. The standard InChI is InChI=1S/C25H33N5O6/c1-16-12-30(23(31)15-34-4)17(2)14-36-21-10-18(28-24(32)20-11-26-8-9-27-20)6-7-19(21)25(33)29(3)13-22(16)35-5/h6-11,16-17,22H,12-15H2,1-5H3,(H,28,32)/t16-,17+,22+/m1/s1. The van der Waals surface area contributed by atoms with Crippen molar-refractivity contribution in [3.05, 3.63) is 48.0 Å². The third kappa shape index (κ3) is 6.55. The van der Waals surface area contributed by atoms with Gasteiger partial charge in [-0.15, -0.1) is 0 Å². The maximum Gasteiger partial charge on any atom is 0.275 e. The lowest BCUT2D eigenvalue weighted by Crippen LogP contribution is -2.49. The minimum atomic E-state index is -0.443. The molecule has 1 aliphatic heterocycles. The molecule has 0 saturated heterocycles. The molecule has 0 spiro atoms. The Morgan fingerprint density at radius 2 is 1.97 bits per heavy atom. The number of carbonyl (C=O) groups excluding carboxylic acids is 3. The van der Waals surface area contributed by atoms with Crippen LogP contribution in [-0.4, -0.2) is 97.2 Å². The first-order valence-corrected chi connectivity index (χ1v) is 11.7. The van der Waals surface area contributed by atoms with Crippen molar-refractivity contribution in [1.29, 1.82) is 0 Å². The third-order valence-electron chi connectivity index (χ3n) is 6.09. The van der Waals surface area contributed by atoms with E-state index in [1.165, 1.54) is 25.7 Å². The van der Waals surface area contributed by atoms with Crippen LogP contribution in [0.25, 0.3) is 0 Å². The second-order valence-electron chi connectivity index (χ2n) is 8.83. The van der Waals surface area contributed by atoms with Crippen molar-refractivity contribution in [2.24, 2.45) is 5.92 Å². The Hall–Kier alpha value is -3.57. The molecule has 3 amide bonds. The molecule has 1 aromatic heterocycles. The average molecular weight is 500 g/mol.